The molecule has 0 aromatic heterocycles. The standard InChI is InChI=1S/C12H14F4N2O2/c1-7(17)9-4-8(13)2-3-10(9)20-5-11(19)18-6-12(14,15)16/h2-4,7H,5-6,17H2,1H3,(H,18,19). The minimum Gasteiger partial charge on any atom is -0.483 e. The first-order valence-electron chi connectivity index (χ1n) is 5.70. The number of hydrogen-bond acceptors (Lipinski definition) is 3. The number of amides is 1. The first-order valence-corrected chi connectivity index (χ1v) is 5.70. The van der Waals surface area contributed by atoms with Gasteiger partial charge in [-0.25, -0.2) is 4.39 Å². The highest BCUT2D eigenvalue weighted by molar-refractivity contribution is 5.77. The third-order valence-corrected chi connectivity index (χ3v) is 2.31. The van der Waals surface area contributed by atoms with Gasteiger partial charge in [0.2, 0.25) is 0 Å². The summed E-state index contributed by atoms with van der Waals surface area (Å²) in [6, 6.07) is 2.98. The molecular formula is C12H14F4N2O2. The summed E-state index contributed by atoms with van der Waals surface area (Å²) in [5.74, 6) is -1.29. The molecule has 4 nitrogen and oxygen atoms in total. The van der Waals surface area contributed by atoms with Gasteiger partial charge in [0, 0.05) is 11.6 Å². The minimum absolute atomic E-state index is 0.156. The maximum absolute atomic E-state index is 13.0. The van der Waals surface area contributed by atoms with E-state index in [4.69, 9.17) is 10.5 Å². The molecular weight excluding hydrogens is 280 g/mol. The number of halogens is 4. The van der Waals surface area contributed by atoms with Crippen LogP contribution in [0.2, 0.25) is 0 Å². The lowest BCUT2D eigenvalue weighted by Crippen LogP contribution is -2.36. The first-order chi connectivity index (χ1) is 9.19. The van der Waals surface area contributed by atoms with Crippen molar-refractivity contribution >= 4 is 5.91 Å². The third-order valence-electron chi connectivity index (χ3n) is 2.31. The van der Waals surface area contributed by atoms with Gasteiger partial charge in [-0.2, -0.15) is 13.2 Å². The average molecular weight is 294 g/mol. The highest BCUT2D eigenvalue weighted by atomic mass is 19.4. The molecule has 0 heterocycles. The van der Waals surface area contributed by atoms with E-state index in [0.717, 1.165) is 12.1 Å². The molecule has 0 bridgehead atoms. The molecule has 0 radical (unpaired) electrons. The summed E-state index contributed by atoms with van der Waals surface area (Å²) in [6.07, 6.45) is -4.48. The van der Waals surface area contributed by atoms with Crippen LogP contribution in [0, 0.1) is 5.82 Å². The van der Waals surface area contributed by atoms with Crippen molar-refractivity contribution < 1.29 is 27.1 Å². The fraction of sp³-hybridized carbons (Fsp3) is 0.417. The first kappa shape index (κ1) is 16.2. The van der Waals surface area contributed by atoms with E-state index in [1.54, 1.807) is 12.2 Å². The van der Waals surface area contributed by atoms with E-state index < -0.39 is 37.1 Å². The summed E-state index contributed by atoms with van der Waals surface area (Å²) >= 11 is 0. The Hall–Kier alpha value is -1.83. The summed E-state index contributed by atoms with van der Waals surface area (Å²) in [5, 5.41) is 1.66. The molecule has 3 N–H and O–H groups in total. The summed E-state index contributed by atoms with van der Waals surface area (Å²) in [6.45, 7) is -0.453. The third kappa shape index (κ3) is 5.43. The zero-order chi connectivity index (χ0) is 15.3. The summed E-state index contributed by atoms with van der Waals surface area (Å²) < 4.78 is 53.7. The Bertz CT molecular complexity index is 475. The molecule has 1 amide bonds. The largest absolute Gasteiger partial charge is 0.483 e. The maximum atomic E-state index is 13.0. The van der Waals surface area contributed by atoms with Crippen molar-refractivity contribution in [3.8, 4) is 5.75 Å². The Labute approximate surface area is 112 Å². The van der Waals surface area contributed by atoms with Gasteiger partial charge >= 0.3 is 6.18 Å². The van der Waals surface area contributed by atoms with Gasteiger partial charge in [-0.1, -0.05) is 0 Å². The topological polar surface area (TPSA) is 64.3 Å². The van der Waals surface area contributed by atoms with E-state index in [-0.39, 0.29) is 5.75 Å². The number of hydrogen-bond donors (Lipinski definition) is 2. The Kier molecular flexibility index (Phi) is 5.32. The number of benzene rings is 1. The van der Waals surface area contributed by atoms with E-state index >= 15 is 0 Å². The summed E-state index contributed by atoms with van der Waals surface area (Å²) in [4.78, 5) is 11.2. The molecule has 0 aliphatic rings. The molecule has 0 saturated heterocycles. The fourth-order valence-electron chi connectivity index (χ4n) is 1.40. The quantitative estimate of drug-likeness (QED) is 0.815. The van der Waals surface area contributed by atoms with Crippen molar-refractivity contribution in [3.05, 3.63) is 29.6 Å². The molecule has 0 saturated carbocycles. The van der Waals surface area contributed by atoms with Gasteiger partial charge < -0.3 is 15.8 Å². The van der Waals surface area contributed by atoms with Crippen LogP contribution in [0.4, 0.5) is 17.6 Å². The van der Waals surface area contributed by atoms with Crippen LogP contribution >= 0.6 is 0 Å². The normalized spacial score (nSPS) is 12.9. The van der Waals surface area contributed by atoms with E-state index in [1.165, 1.54) is 6.07 Å². The van der Waals surface area contributed by atoms with Gasteiger partial charge in [0.05, 0.1) is 0 Å². The lowest BCUT2D eigenvalue weighted by Gasteiger charge is -2.14. The van der Waals surface area contributed by atoms with Crippen LogP contribution in [0.25, 0.3) is 0 Å². The second-order valence-corrected chi connectivity index (χ2v) is 4.15. The molecule has 0 fully saturated rings. The SMILES string of the molecule is CC(N)c1cc(F)ccc1OCC(=O)NCC(F)(F)F. The summed E-state index contributed by atoms with van der Waals surface area (Å²) in [7, 11) is 0. The van der Waals surface area contributed by atoms with Gasteiger partial charge in [-0.3, -0.25) is 4.79 Å². The van der Waals surface area contributed by atoms with Crippen molar-refractivity contribution in [1.82, 2.24) is 5.32 Å². The summed E-state index contributed by atoms with van der Waals surface area (Å²) in [5.41, 5.74) is 5.94. The monoisotopic (exact) mass is 294 g/mol. The van der Waals surface area contributed by atoms with Gasteiger partial charge in [-0.15, -0.1) is 0 Å². The highest BCUT2D eigenvalue weighted by Crippen LogP contribution is 2.24. The fourth-order valence-corrected chi connectivity index (χ4v) is 1.40. The maximum Gasteiger partial charge on any atom is 0.405 e. The van der Waals surface area contributed by atoms with Crippen molar-refractivity contribution in [2.24, 2.45) is 5.73 Å². The second kappa shape index (κ2) is 6.56. The Morgan fingerprint density at radius 1 is 1.45 bits per heavy atom. The van der Waals surface area contributed by atoms with Crippen LogP contribution in [0.3, 0.4) is 0 Å². The Morgan fingerprint density at radius 2 is 2.10 bits per heavy atom. The number of nitrogens with one attached hydrogen (secondary N) is 1. The van der Waals surface area contributed by atoms with Gasteiger partial charge in [0.25, 0.3) is 5.91 Å². The predicted octanol–water partition coefficient (Wildman–Crippen LogP) is 1.90. The zero-order valence-electron chi connectivity index (χ0n) is 10.6. The molecule has 112 valence electrons. The molecule has 20 heavy (non-hydrogen) atoms. The van der Waals surface area contributed by atoms with Crippen molar-refractivity contribution in [2.75, 3.05) is 13.2 Å². The number of carbonyl (C=O) groups is 1. The molecule has 1 aromatic rings. The molecule has 0 spiro atoms. The van der Waals surface area contributed by atoms with Crippen LogP contribution in [0.15, 0.2) is 18.2 Å². The average Bonchev–Trinajstić information content (AvgIpc) is 2.33. The van der Waals surface area contributed by atoms with Gasteiger partial charge in [0.1, 0.15) is 18.1 Å². The van der Waals surface area contributed by atoms with E-state index in [2.05, 4.69) is 0 Å². The van der Waals surface area contributed by atoms with E-state index in [1.807, 2.05) is 0 Å². The Balaban J connectivity index is 2.59. The Morgan fingerprint density at radius 3 is 2.65 bits per heavy atom. The predicted molar refractivity (Wildman–Crippen MR) is 63.6 cm³/mol. The molecule has 1 aromatic carbocycles. The molecule has 0 aliphatic carbocycles. The molecule has 8 heteroatoms. The zero-order valence-corrected chi connectivity index (χ0v) is 10.6. The number of rotatable bonds is 5. The number of alkyl halides is 3. The highest BCUT2D eigenvalue weighted by Gasteiger charge is 2.27. The van der Waals surface area contributed by atoms with Crippen LogP contribution in [0.1, 0.15) is 18.5 Å². The smallest absolute Gasteiger partial charge is 0.405 e. The van der Waals surface area contributed by atoms with Gasteiger partial charge in [-0.05, 0) is 25.1 Å². The number of carbonyl (C=O) groups excluding carboxylic acids is 1. The lowest BCUT2D eigenvalue weighted by atomic mass is 10.1. The van der Waals surface area contributed by atoms with Crippen LogP contribution in [-0.4, -0.2) is 25.2 Å². The van der Waals surface area contributed by atoms with Crippen molar-refractivity contribution in [2.45, 2.75) is 19.1 Å². The van der Waals surface area contributed by atoms with Crippen molar-refractivity contribution in [3.63, 3.8) is 0 Å². The molecule has 1 unspecified atom stereocenters. The van der Waals surface area contributed by atoms with E-state index in [9.17, 15) is 22.4 Å². The molecule has 0 aliphatic heterocycles. The van der Waals surface area contributed by atoms with Crippen LogP contribution in [0.5, 0.6) is 5.75 Å². The second-order valence-electron chi connectivity index (χ2n) is 4.15. The number of nitrogens with two attached hydrogens (primary N) is 1. The minimum atomic E-state index is -4.48. The molecule has 1 rings (SSSR count). The lowest BCUT2D eigenvalue weighted by molar-refractivity contribution is -0.139. The number of ether oxygens (including phenoxy) is 1. The molecule has 1 atom stereocenters. The van der Waals surface area contributed by atoms with E-state index in [0.29, 0.717) is 5.56 Å². The van der Waals surface area contributed by atoms with Crippen LogP contribution in [-0.2, 0) is 4.79 Å². The van der Waals surface area contributed by atoms with Crippen molar-refractivity contribution in [1.29, 1.82) is 0 Å². The van der Waals surface area contributed by atoms with Crippen LogP contribution < -0.4 is 15.8 Å². The van der Waals surface area contributed by atoms with Gasteiger partial charge in [0.15, 0.2) is 6.61 Å².